The molecule has 126 valence electrons. The van der Waals surface area contributed by atoms with Crippen molar-refractivity contribution in [2.45, 2.75) is 13.5 Å². The second kappa shape index (κ2) is 8.16. The first-order valence-electron chi connectivity index (χ1n) is 7.96. The fourth-order valence-corrected chi connectivity index (χ4v) is 3.05. The first kappa shape index (κ1) is 17.5. The molecule has 0 saturated heterocycles. The van der Waals surface area contributed by atoms with Crippen LogP contribution in [0.4, 0.5) is 5.69 Å². The van der Waals surface area contributed by atoms with Crippen molar-refractivity contribution >= 4 is 34.2 Å². The lowest BCUT2D eigenvalue weighted by atomic mass is 10.1. The minimum absolute atomic E-state index is 0.126. The lowest BCUT2D eigenvalue weighted by molar-refractivity contribution is 0.102. The molecular formula is C21H18INO2. The summed E-state index contributed by atoms with van der Waals surface area (Å²) in [5.74, 6) is 0.616. The van der Waals surface area contributed by atoms with Gasteiger partial charge in [-0.2, -0.15) is 0 Å². The highest BCUT2D eigenvalue weighted by Crippen LogP contribution is 2.20. The van der Waals surface area contributed by atoms with Crippen LogP contribution in [-0.4, -0.2) is 5.91 Å². The lowest BCUT2D eigenvalue weighted by Gasteiger charge is -2.10. The molecule has 0 aliphatic carbocycles. The molecule has 1 amide bonds. The Hall–Kier alpha value is -2.34. The number of carbonyl (C=O) groups excluding carboxylic acids is 1. The van der Waals surface area contributed by atoms with Gasteiger partial charge < -0.3 is 10.1 Å². The topological polar surface area (TPSA) is 38.3 Å². The SMILES string of the molecule is Cc1cc(I)ccc1NC(=O)c1ccc(OCc2ccccc2)cc1. The van der Waals surface area contributed by atoms with Crippen molar-refractivity contribution in [3.8, 4) is 5.75 Å². The molecule has 0 aliphatic heterocycles. The molecule has 0 heterocycles. The summed E-state index contributed by atoms with van der Waals surface area (Å²) in [4.78, 5) is 12.4. The molecule has 3 nitrogen and oxygen atoms in total. The van der Waals surface area contributed by atoms with Crippen LogP contribution in [0.2, 0.25) is 0 Å². The van der Waals surface area contributed by atoms with Crippen LogP contribution in [0.3, 0.4) is 0 Å². The van der Waals surface area contributed by atoms with Crippen LogP contribution in [0.5, 0.6) is 5.75 Å². The summed E-state index contributed by atoms with van der Waals surface area (Å²) in [5.41, 5.74) is 3.58. The first-order valence-corrected chi connectivity index (χ1v) is 9.04. The monoisotopic (exact) mass is 443 g/mol. The number of aryl methyl sites for hydroxylation is 1. The van der Waals surface area contributed by atoms with Crippen LogP contribution >= 0.6 is 22.6 Å². The van der Waals surface area contributed by atoms with Gasteiger partial charge in [0.1, 0.15) is 12.4 Å². The van der Waals surface area contributed by atoms with Crippen LogP contribution in [0.25, 0.3) is 0 Å². The molecule has 0 spiro atoms. The summed E-state index contributed by atoms with van der Waals surface area (Å²) in [6.45, 7) is 2.49. The Labute approximate surface area is 161 Å². The summed E-state index contributed by atoms with van der Waals surface area (Å²) >= 11 is 2.26. The molecule has 25 heavy (non-hydrogen) atoms. The fraction of sp³-hybridized carbons (Fsp3) is 0.0952. The summed E-state index contributed by atoms with van der Waals surface area (Å²) in [6, 6.07) is 23.1. The Morgan fingerprint density at radius 3 is 2.40 bits per heavy atom. The molecule has 0 atom stereocenters. The van der Waals surface area contributed by atoms with Gasteiger partial charge in [-0.3, -0.25) is 4.79 Å². The van der Waals surface area contributed by atoms with E-state index in [1.165, 1.54) is 0 Å². The minimum atomic E-state index is -0.126. The predicted octanol–water partition coefficient (Wildman–Crippen LogP) is 5.43. The number of anilines is 1. The van der Waals surface area contributed by atoms with Gasteiger partial charge in [0.2, 0.25) is 0 Å². The predicted molar refractivity (Wildman–Crippen MR) is 109 cm³/mol. The third-order valence-corrected chi connectivity index (χ3v) is 4.47. The third kappa shape index (κ3) is 4.82. The summed E-state index contributed by atoms with van der Waals surface area (Å²) < 4.78 is 6.89. The first-order chi connectivity index (χ1) is 12.1. The van der Waals surface area contributed by atoms with Crippen molar-refractivity contribution in [3.63, 3.8) is 0 Å². The van der Waals surface area contributed by atoms with Crippen molar-refractivity contribution in [1.29, 1.82) is 0 Å². The molecule has 3 rings (SSSR count). The van der Waals surface area contributed by atoms with Gasteiger partial charge in [0.15, 0.2) is 0 Å². The van der Waals surface area contributed by atoms with Crippen LogP contribution < -0.4 is 10.1 Å². The molecule has 0 radical (unpaired) electrons. The molecule has 3 aromatic carbocycles. The molecule has 0 saturated carbocycles. The highest BCUT2D eigenvalue weighted by atomic mass is 127. The van der Waals surface area contributed by atoms with Crippen molar-refractivity contribution in [3.05, 3.63) is 93.1 Å². The largest absolute Gasteiger partial charge is 0.489 e. The molecular weight excluding hydrogens is 425 g/mol. The molecule has 0 aromatic heterocycles. The van der Waals surface area contributed by atoms with E-state index in [1.54, 1.807) is 12.1 Å². The van der Waals surface area contributed by atoms with Gasteiger partial charge in [-0.05, 0) is 83.1 Å². The zero-order valence-electron chi connectivity index (χ0n) is 13.8. The van der Waals surface area contributed by atoms with E-state index in [0.29, 0.717) is 12.2 Å². The Morgan fingerprint density at radius 2 is 1.72 bits per heavy atom. The van der Waals surface area contributed by atoms with Crippen LogP contribution in [0.15, 0.2) is 72.8 Å². The average molecular weight is 443 g/mol. The number of nitrogens with one attached hydrogen (secondary N) is 1. The Morgan fingerprint density at radius 1 is 1.00 bits per heavy atom. The van der Waals surface area contributed by atoms with Crippen molar-refractivity contribution < 1.29 is 9.53 Å². The van der Waals surface area contributed by atoms with Gasteiger partial charge in [0, 0.05) is 14.8 Å². The Kier molecular flexibility index (Phi) is 5.71. The van der Waals surface area contributed by atoms with E-state index in [9.17, 15) is 4.79 Å². The maximum atomic E-state index is 12.4. The number of benzene rings is 3. The Bertz CT molecular complexity index is 861. The zero-order chi connectivity index (χ0) is 17.6. The average Bonchev–Trinajstić information content (AvgIpc) is 2.63. The highest BCUT2D eigenvalue weighted by molar-refractivity contribution is 14.1. The normalized spacial score (nSPS) is 10.3. The number of hydrogen-bond donors (Lipinski definition) is 1. The molecule has 0 unspecified atom stereocenters. The second-order valence-corrected chi connectivity index (χ2v) is 6.96. The van der Waals surface area contributed by atoms with Gasteiger partial charge in [-0.15, -0.1) is 0 Å². The molecule has 0 fully saturated rings. The number of rotatable bonds is 5. The van der Waals surface area contributed by atoms with E-state index in [4.69, 9.17) is 4.74 Å². The maximum absolute atomic E-state index is 12.4. The summed E-state index contributed by atoms with van der Waals surface area (Å²) in [7, 11) is 0. The third-order valence-electron chi connectivity index (χ3n) is 3.80. The molecule has 1 N–H and O–H groups in total. The van der Waals surface area contributed by atoms with E-state index in [0.717, 1.165) is 26.1 Å². The summed E-state index contributed by atoms with van der Waals surface area (Å²) in [5, 5.41) is 2.95. The van der Waals surface area contributed by atoms with Gasteiger partial charge in [0.05, 0.1) is 0 Å². The highest BCUT2D eigenvalue weighted by Gasteiger charge is 2.08. The lowest BCUT2D eigenvalue weighted by Crippen LogP contribution is -2.12. The number of hydrogen-bond acceptors (Lipinski definition) is 2. The van der Waals surface area contributed by atoms with Crippen molar-refractivity contribution in [1.82, 2.24) is 0 Å². The van der Waals surface area contributed by atoms with E-state index < -0.39 is 0 Å². The van der Waals surface area contributed by atoms with Crippen molar-refractivity contribution in [2.75, 3.05) is 5.32 Å². The van der Waals surface area contributed by atoms with Gasteiger partial charge in [-0.1, -0.05) is 30.3 Å². The van der Waals surface area contributed by atoms with E-state index in [2.05, 4.69) is 27.9 Å². The van der Waals surface area contributed by atoms with E-state index in [1.807, 2.05) is 67.6 Å². The number of amides is 1. The molecule has 3 aromatic rings. The molecule has 0 aliphatic rings. The van der Waals surface area contributed by atoms with Gasteiger partial charge in [0.25, 0.3) is 5.91 Å². The zero-order valence-corrected chi connectivity index (χ0v) is 16.0. The summed E-state index contributed by atoms with van der Waals surface area (Å²) in [6.07, 6.45) is 0. The smallest absolute Gasteiger partial charge is 0.255 e. The second-order valence-electron chi connectivity index (χ2n) is 5.71. The van der Waals surface area contributed by atoms with E-state index >= 15 is 0 Å². The van der Waals surface area contributed by atoms with Crippen LogP contribution in [-0.2, 0) is 6.61 Å². The quantitative estimate of drug-likeness (QED) is 0.534. The minimum Gasteiger partial charge on any atom is -0.489 e. The molecule has 0 bridgehead atoms. The van der Waals surface area contributed by atoms with Gasteiger partial charge >= 0.3 is 0 Å². The van der Waals surface area contributed by atoms with Crippen LogP contribution in [0.1, 0.15) is 21.5 Å². The maximum Gasteiger partial charge on any atom is 0.255 e. The number of ether oxygens (including phenoxy) is 1. The Balaban J connectivity index is 1.62. The van der Waals surface area contributed by atoms with Crippen LogP contribution in [0, 0.1) is 10.5 Å². The van der Waals surface area contributed by atoms with Crippen molar-refractivity contribution in [2.24, 2.45) is 0 Å². The number of carbonyl (C=O) groups is 1. The van der Waals surface area contributed by atoms with E-state index in [-0.39, 0.29) is 5.91 Å². The number of halogens is 1. The molecule has 4 heteroatoms. The fourth-order valence-electron chi connectivity index (χ4n) is 2.41. The standard InChI is InChI=1S/C21H18INO2/c1-15-13-18(22)9-12-20(15)23-21(24)17-7-10-19(11-8-17)25-14-16-5-3-2-4-6-16/h2-13H,14H2,1H3,(H,23,24). The van der Waals surface area contributed by atoms with Gasteiger partial charge in [-0.25, -0.2) is 0 Å².